The second-order valence-corrected chi connectivity index (χ2v) is 9.75. The fourth-order valence-electron chi connectivity index (χ4n) is 2.72. The van der Waals surface area contributed by atoms with Gasteiger partial charge in [0.2, 0.25) is 16.9 Å². The molecule has 30 heavy (non-hydrogen) atoms. The monoisotopic (exact) mass is 444 g/mol. The lowest BCUT2D eigenvalue weighted by Gasteiger charge is -2.12. The molecule has 1 aliphatic heterocycles. The fraction of sp³-hybridized carbons (Fsp3) is 0.167. The molecule has 2 aromatic heterocycles. The quantitative estimate of drug-likeness (QED) is 0.582. The molecule has 3 heterocycles. The maximum absolute atomic E-state index is 12.6. The Balaban J connectivity index is 1.62. The van der Waals surface area contributed by atoms with Crippen molar-refractivity contribution in [2.75, 3.05) is 24.1 Å². The third-order valence-corrected chi connectivity index (χ3v) is 6.20. The molecule has 0 bridgehead atoms. The molecule has 1 aromatic carbocycles. The van der Waals surface area contributed by atoms with Crippen molar-refractivity contribution in [1.29, 1.82) is 0 Å². The van der Waals surface area contributed by atoms with Gasteiger partial charge in [0.1, 0.15) is 6.20 Å². The van der Waals surface area contributed by atoms with E-state index in [2.05, 4.69) is 30.0 Å². The van der Waals surface area contributed by atoms with Crippen LogP contribution >= 0.6 is 11.3 Å². The Hall–Kier alpha value is -3.22. The number of amides is 1. The van der Waals surface area contributed by atoms with Crippen molar-refractivity contribution in [1.82, 2.24) is 15.0 Å². The lowest BCUT2D eigenvalue weighted by molar-refractivity contribution is -0.732. The summed E-state index contributed by atoms with van der Waals surface area (Å²) in [5.74, 6) is -0.241. The molecule has 0 aliphatic carbocycles. The van der Waals surface area contributed by atoms with Crippen LogP contribution in [0, 0.1) is 0 Å². The van der Waals surface area contributed by atoms with Gasteiger partial charge in [0.25, 0.3) is 10.0 Å². The Labute approximate surface area is 176 Å². The molecular weight excluding hydrogens is 426 g/mol. The number of aromatic nitrogens is 3. The zero-order valence-corrected chi connectivity index (χ0v) is 18.0. The predicted molar refractivity (Wildman–Crippen MR) is 116 cm³/mol. The highest BCUT2D eigenvalue weighted by Gasteiger charge is 2.29. The summed E-state index contributed by atoms with van der Waals surface area (Å²) < 4.78 is 28.6. The minimum absolute atomic E-state index is 0.0517. The van der Waals surface area contributed by atoms with Gasteiger partial charge in [-0.3, -0.25) is 9.28 Å². The average molecular weight is 445 g/mol. The minimum atomic E-state index is -3.90. The van der Waals surface area contributed by atoms with Crippen LogP contribution in [0.3, 0.4) is 0 Å². The summed E-state index contributed by atoms with van der Waals surface area (Å²) in [5.41, 5.74) is 2.05. The zero-order valence-electron chi connectivity index (χ0n) is 16.3. The first-order valence-corrected chi connectivity index (χ1v) is 11.1. The molecule has 154 valence electrons. The standard InChI is InChI=1S/C18H17N7O3S2/c1-11(26)21-18-23-14-5-4-12(8-15(14)29-18)13-6-7-19-17(22-13)24-30(27,28)16-9-25(2,3)10-20-16/h4-10H,1-3H3,(H-,19,21,22,23,24,26)/p+1. The summed E-state index contributed by atoms with van der Waals surface area (Å²) in [7, 11) is -0.298. The van der Waals surface area contributed by atoms with E-state index in [1.54, 1.807) is 20.2 Å². The van der Waals surface area contributed by atoms with E-state index in [0.29, 0.717) is 10.8 Å². The van der Waals surface area contributed by atoms with Crippen molar-refractivity contribution in [3.8, 4) is 11.3 Å². The van der Waals surface area contributed by atoms with E-state index >= 15 is 0 Å². The molecule has 12 heteroatoms. The van der Waals surface area contributed by atoms with Crippen LogP contribution in [0.2, 0.25) is 0 Å². The van der Waals surface area contributed by atoms with Crippen LogP contribution in [-0.4, -0.2) is 54.2 Å². The maximum atomic E-state index is 12.6. The molecule has 0 saturated heterocycles. The summed E-state index contributed by atoms with van der Waals surface area (Å²) in [6.45, 7) is 1.42. The largest absolute Gasteiger partial charge is 0.302 e. The van der Waals surface area contributed by atoms with Crippen LogP contribution in [0.5, 0.6) is 0 Å². The number of nitrogens with one attached hydrogen (secondary N) is 2. The predicted octanol–water partition coefficient (Wildman–Crippen LogP) is 2.37. The highest BCUT2D eigenvalue weighted by Crippen LogP contribution is 2.30. The Morgan fingerprint density at radius 1 is 1.17 bits per heavy atom. The Morgan fingerprint density at radius 2 is 1.97 bits per heavy atom. The topological polar surface area (TPSA) is 126 Å². The van der Waals surface area contributed by atoms with Gasteiger partial charge in [-0.15, -0.1) is 0 Å². The molecule has 3 aromatic rings. The number of rotatable bonds is 5. The molecule has 0 radical (unpaired) electrons. The lowest BCUT2D eigenvalue weighted by atomic mass is 10.1. The number of carbonyl (C=O) groups is 1. The molecule has 2 N–H and O–H groups in total. The van der Waals surface area contributed by atoms with E-state index in [1.807, 2.05) is 18.2 Å². The van der Waals surface area contributed by atoms with Crippen molar-refractivity contribution in [2.45, 2.75) is 6.92 Å². The van der Waals surface area contributed by atoms with Crippen molar-refractivity contribution >= 4 is 54.9 Å². The number of aliphatic imine (C=N–C) groups is 1. The average Bonchev–Trinajstić information content (AvgIpc) is 3.22. The van der Waals surface area contributed by atoms with Crippen LogP contribution in [0.25, 0.3) is 21.5 Å². The van der Waals surface area contributed by atoms with Crippen LogP contribution in [0.1, 0.15) is 6.92 Å². The van der Waals surface area contributed by atoms with Crippen molar-refractivity contribution in [3.63, 3.8) is 0 Å². The van der Waals surface area contributed by atoms with Crippen LogP contribution in [-0.2, 0) is 14.8 Å². The molecular formula is C18H18N7O3S2+. The van der Waals surface area contributed by atoms with Gasteiger partial charge >= 0.3 is 0 Å². The van der Waals surface area contributed by atoms with E-state index < -0.39 is 10.0 Å². The number of quaternary nitrogens is 1. The van der Waals surface area contributed by atoms with Gasteiger partial charge in [-0.2, -0.15) is 13.4 Å². The first kappa shape index (κ1) is 20.1. The first-order valence-electron chi connectivity index (χ1n) is 8.77. The van der Waals surface area contributed by atoms with Crippen molar-refractivity contribution in [3.05, 3.63) is 41.7 Å². The highest BCUT2D eigenvalue weighted by atomic mass is 32.2. The molecule has 1 aliphatic rings. The van der Waals surface area contributed by atoms with E-state index in [-0.39, 0.29) is 21.4 Å². The molecule has 0 spiro atoms. The summed E-state index contributed by atoms with van der Waals surface area (Å²) in [5, 5.41) is 3.10. The molecule has 0 unspecified atom stereocenters. The minimum Gasteiger partial charge on any atom is -0.302 e. The van der Waals surface area contributed by atoms with Gasteiger partial charge in [0.15, 0.2) is 11.5 Å². The van der Waals surface area contributed by atoms with Gasteiger partial charge in [-0.05, 0) is 18.2 Å². The third kappa shape index (κ3) is 4.20. The maximum Gasteiger partial charge on any atom is 0.287 e. The normalized spacial score (nSPS) is 15.2. The van der Waals surface area contributed by atoms with Crippen molar-refractivity contribution < 1.29 is 17.7 Å². The van der Waals surface area contributed by atoms with Crippen LogP contribution in [0.15, 0.2) is 46.7 Å². The van der Waals surface area contributed by atoms with Gasteiger partial charge in [0, 0.05) is 18.7 Å². The molecule has 0 atom stereocenters. The summed E-state index contributed by atoms with van der Waals surface area (Å²) in [6, 6.07) is 7.20. The molecule has 10 nitrogen and oxygen atoms in total. The van der Waals surface area contributed by atoms with Gasteiger partial charge < -0.3 is 5.32 Å². The summed E-state index contributed by atoms with van der Waals surface area (Å²) in [4.78, 5) is 27.9. The third-order valence-electron chi connectivity index (χ3n) is 4.05. The fourth-order valence-corrected chi connectivity index (χ4v) is 4.72. The molecule has 0 saturated carbocycles. The molecule has 4 rings (SSSR count). The van der Waals surface area contributed by atoms with Crippen LogP contribution < -0.4 is 10.0 Å². The summed E-state index contributed by atoms with van der Waals surface area (Å²) in [6.07, 6.45) is 4.51. The van der Waals surface area contributed by atoms with Gasteiger partial charge in [0.05, 0.1) is 30.0 Å². The number of hydrogen-bond acceptors (Lipinski definition) is 8. The number of hydrogen-bond donors (Lipinski definition) is 2. The van der Waals surface area contributed by atoms with Crippen molar-refractivity contribution in [2.24, 2.45) is 4.99 Å². The van der Waals surface area contributed by atoms with Gasteiger partial charge in [-0.25, -0.2) is 19.7 Å². The number of anilines is 2. The number of fused-ring (bicyclic) bond motifs is 1. The zero-order chi connectivity index (χ0) is 21.5. The second-order valence-electron chi connectivity index (χ2n) is 7.09. The Kier molecular flexibility index (Phi) is 4.84. The van der Waals surface area contributed by atoms with Gasteiger partial charge in [-0.1, -0.05) is 17.4 Å². The highest BCUT2D eigenvalue weighted by molar-refractivity contribution is 7.96. The van der Waals surface area contributed by atoms with E-state index in [1.165, 1.54) is 37.0 Å². The SMILES string of the molecule is CC(=O)Nc1nc2ccc(-c3ccnc(NS(=O)(=O)C4=C[N+](C)(C)C=N4)n3)cc2s1. The first-order chi connectivity index (χ1) is 14.1. The van der Waals surface area contributed by atoms with E-state index in [9.17, 15) is 13.2 Å². The van der Waals surface area contributed by atoms with Crippen LogP contribution in [0.4, 0.5) is 11.1 Å². The number of thiazole rings is 1. The van der Waals surface area contributed by atoms with E-state index in [4.69, 9.17) is 0 Å². The number of carbonyl (C=O) groups excluding carboxylic acids is 1. The lowest BCUT2D eigenvalue weighted by Crippen LogP contribution is -2.28. The number of sulfonamides is 1. The number of nitrogens with zero attached hydrogens (tertiary/aromatic N) is 5. The Bertz CT molecular complexity index is 1330. The molecule has 0 fully saturated rings. The molecule has 1 amide bonds. The Morgan fingerprint density at radius 3 is 2.67 bits per heavy atom. The van der Waals surface area contributed by atoms with E-state index in [0.717, 1.165) is 15.8 Å². The second kappa shape index (κ2) is 7.23. The summed E-state index contributed by atoms with van der Waals surface area (Å²) >= 11 is 1.34. The smallest absolute Gasteiger partial charge is 0.287 e. The number of benzene rings is 1.